The van der Waals surface area contributed by atoms with Gasteiger partial charge in [-0.15, -0.1) is 0 Å². The molecule has 4 heteroatoms. The molecule has 3 atom stereocenters. The molecule has 1 aliphatic rings. The fourth-order valence-corrected chi connectivity index (χ4v) is 3.34. The van der Waals surface area contributed by atoms with Gasteiger partial charge in [0, 0.05) is 28.9 Å². The van der Waals surface area contributed by atoms with Crippen molar-refractivity contribution in [2.45, 2.75) is 64.9 Å². The first kappa shape index (κ1) is 16.8. The monoisotopic (exact) mass is 355 g/mol. The zero-order valence-electron chi connectivity index (χ0n) is 13.4. The summed E-state index contributed by atoms with van der Waals surface area (Å²) in [4.78, 5) is 0. The normalized spacial score (nSPS) is 27.4. The van der Waals surface area contributed by atoms with E-state index in [9.17, 15) is 0 Å². The predicted octanol–water partition coefficient (Wildman–Crippen LogP) is 4.45. The number of benzene rings is 1. The standard InChI is InChI=1S/C17H26BrNO2/c1-5-19-13(4)16-7-6-14(18)10-17(16)21-15-8-11(2)20-12(3)9-15/h6-7,10-13,15,19H,5,8-9H2,1-4H3. The molecule has 3 nitrogen and oxygen atoms in total. The van der Waals surface area contributed by atoms with Crippen LogP contribution in [0.15, 0.2) is 22.7 Å². The molecule has 3 unspecified atom stereocenters. The molecular weight excluding hydrogens is 330 g/mol. The fraction of sp³-hybridized carbons (Fsp3) is 0.647. The average Bonchev–Trinajstić information content (AvgIpc) is 2.37. The Morgan fingerprint density at radius 3 is 2.62 bits per heavy atom. The van der Waals surface area contributed by atoms with Crippen LogP contribution in [0.1, 0.15) is 52.1 Å². The van der Waals surface area contributed by atoms with Gasteiger partial charge in [0.05, 0.1) is 12.2 Å². The summed E-state index contributed by atoms with van der Waals surface area (Å²) in [6.07, 6.45) is 2.66. The molecule has 1 N–H and O–H groups in total. The van der Waals surface area contributed by atoms with E-state index >= 15 is 0 Å². The zero-order chi connectivity index (χ0) is 15.4. The van der Waals surface area contributed by atoms with E-state index in [1.807, 2.05) is 0 Å². The van der Waals surface area contributed by atoms with Crippen molar-refractivity contribution in [2.75, 3.05) is 6.54 Å². The first-order valence-electron chi connectivity index (χ1n) is 7.84. The molecule has 0 aliphatic carbocycles. The van der Waals surface area contributed by atoms with Crippen molar-refractivity contribution in [1.29, 1.82) is 0 Å². The second-order valence-corrected chi connectivity index (χ2v) is 6.85. The van der Waals surface area contributed by atoms with Gasteiger partial charge in [-0.3, -0.25) is 0 Å². The molecule has 1 heterocycles. The molecule has 0 radical (unpaired) electrons. The van der Waals surface area contributed by atoms with E-state index in [0.717, 1.165) is 29.6 Å². The molecule has 0 spiro atoms. The van der Waals surface area contributed by atoms with Crippen molar-refractivity contribution >= 4 is 15.9 Å². The van der Waals surface area contributed by atoms with Gasteiger partial charge in [-0.05, 0) is 39.4 Å². The Balaban J connectivity index is 2.16. The second kappa shape index (κ2) is 7.61. The van der Waals surface area contributed by atoms with Crippen LogP contribution in [-0.2, 0) is 4.74 Å². The van der Waals surface area contributed by atoms with Crippen molar-refractivity contribution in [1.82, 2.24) is 5.32 Å². The fourth-order valence-electron chi connectivity index (χ4n) is 3.00. The van der Waals surface area contributed by atoms with Gasteiger partial charge in [-0.1, -0.05) is 28.9 Å². The van der Waals surface area contributed by atoms with Crippen LogP contribution in [0.5, 0.6) is 5.75 Å². The smallest absolute Gasteiger partial charge is 0.125 e. The number of rotatable bonds is 5. The van der Waals surface area contributed by atoms with E-state index in [1.165, 1.54) is 5.56 Å². The molecule has 1 saturated heterocycles. The summed E-state index contributed by atoms with van der Waals surface area (Å²) in [5.41, 5.74) is 1.21. The molecule has 0 saturated carbocycles. The third-order valence-corrected chi connectivity index (χ3v) is 4.39. The summed E-state index contributed by atoms with van der Waals surface area (Å²) in [6, 6.07) is 6.57. The van der Waals surface area contributed by atoms with Gasteiger partial charge < -0.3 is 14.8 Å². The summed E-state index contributed by atoms with van der Waals surface area (Å²) in [5.74, 6) is 0.976. The maximum atomic E-state index is 6.33. The Hall–Kier alpha value is -0.580. The Morgan fingerprint density at radius 2 is 2.00 bits per heavy atom. The number of halogens is 1. The highest BCUT2D eigenvalue weighted by molar-refractivity contribution is 9.10. The van der Waals surface area contributed by atoms with Crippen molar-refractivity contribution in [3.8, 4) is 5.75 Å². The van der Waals surface area contributed by atoms with Crippen LogP contribution >= 0.6 is 15.9 Å². The maximum absolute atomic E-state index is 6.33. The van der Waals surface area contributed by atoms with Gasteiger partial charge in [0.1, 0.15) is 11.9 Å². The Bertz CT molecular complexity index is 456. The quantitative estimate of drug-likeness (QED) is 0.845. The van der Waals surface area contributed by atoms with Gasteiger partial charge in [-0.25, -0.2) is 0 Å². The Labute approximate surface area is 136 Å². The molecule has 21 heavy (non-hydrogen) atoms. The lowest BCUT2D eigenvalue weighted by Crippen LogP contribution is -2.36. The van der Waals surface area contributed by atoms with Crippen LogP contribution in [-0.4, -0.2) is 24.9 Å². The summed E-state index contributed by atoms with van der Waals surface area (Å²) >= 11 is 3.55. The molecule has 1 fully saturated rings. The number of hydrogen-bond acceptors (Lipinski definition) is 3. The van der Waals surface area contributed by atoms with E-state index in [1.54, 1.807) is 0 Å². The van der Waals surface area contributed by atoms with E-state index < -0.39 is 0 Å². The molecular formula is C17H26BrNO2. The van der Waals surface area contributed by atoms with Crippen molar-refractivity contribution in [3.63, 3.8) is 0 Å². The van der Waals surface area contributed by atoms with E-state index in [2.05, 4.69) is 67.1 Å². The van der Waals surface area contributed by atoms with Crippen LogP contribution < -0.4 is 10.1 Å². The average molecular weight is 356 g/mol. The van der Waals surface area contributed by atoms with Crippen LogP contribution in [0.2, 0.25) is 0 Å². The molecule has 2 rings (SSSR count). The maximum Gasteiger partial charge on any atom is 0.125 e. The van der Waals surface area contributed by atoms with Crippen LogP contribution in [0, 0.1) is 0 Å². The van der Waals surface area contributed by atoms with Gasteiger partial charge in [0.15, 0.2) is 0 Å². The molecule has 1 aromatic carbocycles. The van der Waals surface area contributed by atoms with Crippen LogP contribution in [0.4, 0.5) is 0 Å². The molecule has 0 amide bonds. The van der Waals surface area contributed by atoms with E-state index in [-0.39, 0.29) is 24.4 Å². The minimum absolute atomic E-state index is 0.227. The first-order chi connectivity index (χ1) is 9.99. The SMILES string of the molecule is CCNC(C)c1ccc(Br)cc1OC1CC(C)OC(C)C1. The highest BCUT2D eigenvalue weighted by Gasteiger charge is 2.26. The molecule has 1 aromatic rings. The highest BCUT2D eigenvalue weighted by atomic mass is 79.9. The third-order valence-electron chi connectivity index (χ3n) is 3.90. The Kier molecular flexibility index (Phi) is 6.08. The lowest BCUT2D eigenvalue weighted by Gasteiger charge is -2.33. The van der Waals surface area contributed by atoms with Gasteiger partial charge >= 0.3 is 0 Å². The topological polar surface area (TPSA) is 30.5 Å². The predicted molar refractivity (Wildman–Crippen MR) is 89.9 cm³/mol. The number of hydrogen-bond donors (Lipinski definition) is 1. The first-order valence-corrected chi connectivity index (χ1v) is 8.63. The molecule has 118 valence electrons. The minimum Gasteiger partial charge on any atom is -0.490 e. The minimum atomic E-state index is 0.227. The van der Waals surface area contributed by atoms with Gasteiger partial charge in [0.2, 0.25) is 0 Å². The van der Waals surface area contributed by atoms with Crippen LogP contribution in [0.3, 0.4) is 0 Å². The van der Waals surface area contributed by atoms with Crippen molar-refractivity contribution in [2.24, 2.45) is 0 Å². The summed E-state index contributed by atoms with van der Waals surface area (Å²) in [5, 5.41) is 3.46. The number of nitrogens with one attached hydrogen (secondary N) is 1. The lowest BCUT2D eigenvalue weighted by molar-refractivity contribution is -0.0723. The molecule has 1 aliphatic heterocycles. The van der Waals surface area contributed by atoms with Gasteiger partial charge in [-0.2, -0.15) is 0 Å². The third kappa shape index (κ3) is 4.70. The summed E-state index contributed by atoms with van der Waals surface area (Å²) in [7, 11) is 0. The molecule has 0 aromatic heterocycles. The van der Waals surface area contributed by atoms with Crippen molar-refractivity contribution in [3.05, 3.63) is 28.2 Å². The molecule has 0 bridgehead atoms. The Morgan fingerprint density at radius 1 is 1.33 bits per heavy atom. The van der Waals surface area contributed by atoms with Crippen LogP contribution in [0.25, 0.3) is 0 Å². The number of ether oxygens (including phenoxy) is 2. The van der Waals surface area contributed by atoms with Crippen molar-refractivity contribution < 1.29 is 9.47 Å². The summed E-state index contributed by atoms with van der Waals surface area (Å²) < 4.78 is 13.2. The van der Waals surface area contributed by atoms with E-state index in [0.29, 0.717) is 0 Å². The van der Waals surface area contributed by atoms with E-state index in [4.69, 9.17) is 9.47 Å². The zero-order valence-corrected chi connectivity index (χ0v) is 14.9. The van der Waals surface area contributed by atoms with Gasteiger partial charge in [0.25, 0.3) is 0 Å². The lowest BCUT2D eigenvalue weighted by atomic mass is 10.0. The summed E-state index contributed by atoms with van der Waals surface area (Å²) in [6.45, 7) is 9.48. The second-order valence-electron chi connectivity index (χ2n) is 5.93. The largest absolute Gasteiger partial charge is 0.490 e. The highest BCUT2D eigenvalue weighted by Crippen LogP contribution is 2.32.